The number of nitrogens with zero attached hydrogens (tertiary/aromatic N) is 1. The Morgan fingerprint density at radius 2 is 1.74 bits per heavy atom. The molecule has 0 unspecified atom stereocenters. The van der Waals surface area contributed by atoms with Crippen LogP contribution in [0.2, 0.25) is 0 Å². The van der Waals surface area contributed by atoms with Crippen LogP contribution in [0.15, 0.2) is 76.7 Å². The number of alkyl halides is 1. The molecule has 1 heterocycles. The summed E-state index contributed by atoms with van der Waals surface area (Å²) in [6.07, 6.45) is 1.87. The summed E-state index contributed by atoms with van der Waals surface area (Å²) in [7, 11) is 0. The molecular weight excluding hydrogens is 423 g/mol. The van der Waals surface area contributed by atoms with Crippen LogP contribution in [0.4, 0.5) is 24.5 Å². The minimum absolute atomic E-state index is 0.205. The molecule has 31 heavy (non-hydrogen) atoms. The van der Waals surface area contributed by atoms with Gasteiger partial charge in [0.25, 0.3) is 5.91 Å². The van der Waals surface area contributed by atoms with Crippen LogP contribution in [-0.2, 0) is 11.3 Å². The Kier molecular flexibility index (Phi) is 5.90. The van der Waals surface area contributed by atoms with E-state index >= 15 is 0 Å². The van der Waals surface area contributed by atoms with Crippen molar-refractivity contribution >= 4 is 39.9 Å². The van der Waals surface area contributed by atoms with Crippen LogP contribution in [-0.4, -0.2) is 17.1 Å². The van der Waals surface area contributed by atoms with E-state index in [-0.39, 0.29) is 6.54 Å². The van der Waals surface area contributed by atoms with E-state index in [4.69, 9.17) is 5.73 Å². The van der Waals surface area contributed by atoms with Crippen LogP contribution in [0.25, 0.3) is 10.9 Å². The highest BCUT2D eigenvalue weighted by atomic mass is 32.2. The monoisotopic (exact) mass is 441 g/mol. The lowest BCUT2D eigenvalue weighted by atomic mass is 10.2. The first kappa shape index (κ1) is 20.9. The zero-order chi connectivity index (χ0) is 22.0. The molecule has 8 heteroatoms. The molecule has 3 aromatic carbocycles. The molecule has 1 amide bonds. The fourth-order valence-electron chi connectivity index (χ4n) is 3.33. The van der Waals surface area contributed by atoms with Crippen LogP contribution in [0.5, 0.6) is 0 Å². The van der Waals surface area contributed by atoms with Gasteiger partial charge < -0.3 is 15.6 Å². The number of aromatic nitrogens is 1. The molecule has 4 rings (SSSR count). The van der Waals surface area contributed by atoms with Crippen molar-refractivity contribution in [2.24, 2.45) is 0 Å². The average molecular weight is 441 g/mol. The van der Waals surface area contributed by atoms with Gasteiger partial charge >= 0.3 is 0 Å². The van der Waals surface area contributed by atoms with Gasteiger partial charge in [-0.1, -0.05) is 23.9 Å². The number of nitrogens with two attached hydrogens (primary N) is 1. The molecule has 0 fully saturated rings. The Labute approximate surface area is 180 Å². The summed E-state index contributed by atoms with van der Waals surface area (Å²) in [5, 5.41) is 3.35. The first-order valence-electron chi connectivity index (χ1n) is 9.39. The van der Waals surface area contributed by atoms with Gasteiger partial charge in [0, 0.05) is 45.4 Å². The maximum atomic E-state index is 13.7. The number of amides is 1. The van der Waals surface area contributed by atoms with Crippen LogP contribution >= 0.6 is 11.8 Å². The van der Waals surface area contributed by atoms with Gasteiger partial charge in [0.15, 0.2) is 6.67 Å². The number of hydrogen-bond acceptors (Lipinski definition) is 3. The standard InChI is InChI=1S/C23H18F3N3OS/c24-11-23(30)28-17-5-6-18-20(10-17)29(12-14-7-15(25)9-16(26)8-14)13-22(18)31-21-4-2-1-3-19(21)27/h1-10,13H,11-12,27H2,(H,28,30). The second kappa shape index (κ2) is 8.77. The Morgan fingerprint density at radius 3 is 2.45 bits per heavy atom. The number of fused-ring (bicyclic) bond motifs is 1. The van der Waals surface area contributed by atoms with Crippen molar-refractivity contribution in [2.75, 3.05) is 17.7 Å². The van der Waals surface area contributed by atoms with Gasteiger partial charge in [-0.3, -0.25) is 4.79 Å². The Morgan fingerprint density at radius 1 is 1.00 bits per heavy atom. The van der Waals surface area contributed by atoms with Crippen LogP contribution in [0.3, 0.4) is 0 Å². The third kappa shape index (κ3) is 4.69. The lowest BCUT2D eigenvalue weighted by molar-refractivity contribution is -0.117. The van der Waals surface area contributed by atoms with Crippen molar-refractivity contribution in [1.29, 1.82) is 0 Å². The van der Waals surface area contributed by atoms with E-state index in [1.165, 1.54) is 23.9 Å². The maximum Gasteiger partial charge on any atom is 0.255 e. The minimum atomic E-state index is -1.13. The number of carbonyl (C=O) groups is 1. The quantitative estimate of drug-likeness (QED) is 0.383. The van der Waals surface area contributed by atoms with Crippen molar-refractivity contribution in [3.63, 3.8) is 0 Å². The molecule has 0 spiro atoms. The second-order valence-corrected chi connectivity index (χ2v) is 8.04. The first-order valence-corrected chi connectivity index (χ1v) is 10.2. The summed E-state index contributed by atoms with van der Waals surface area (Å²) < 4.78 is 41.8. The third-order valence-electron chi connectivity index (χ3n) is 4.67. The second-order valence-electron chi connectivity index (χ2n) is 6.95. The van der Waals surface area contributed by atoms with Crippen molar-refractivity contribution in [2.45, 2.75) is 16.3 Å². The summed E-state index contributed by atoms with van der Waals surface area (Å²) in [4.78, 5) is 13.2. The Bertz CT molecular complexity index is 1250. The van der Waals surface area contributed by atoms with E-state index in [0.29, 0.717) is 16.9 Å². The highest BCUT2D eigenvalue weighted by Crippen LogP contribution is 2.38. The molecule has 0 saturated heterocycles. The fraction of sp³-hybridized carbons (Fsp3) is 0.0870. The molecule has 0 bridgehead atoms. The zero-order valence-corrected chi connectivity index (χ0v) is 17.1. The minimum Gasteiger partial charge on any atom is -0.398 e. The predicted octanol–water partition coefficient (Wildman–Crippen LogP) is 5.61. The molecule has 4 aromatic rings. The topological polar surface area (TPSA) is 60.0 Å². The number of benzene rings is 3. The van der Waals surface area contributed by atoms with Gasteiger partial charge in [0.2, 0.25) is 0 Å². The summed E-state index contributed by atoms with van der Waals surface area (Å²) >= 11 is 1.46. The third-order valence-corrected chi connectivity index (χ3v) is 5.80. The summed E-state index contributed by atoms with van der Waals surface area (Å²) in [5.74, 6) is -2.07. The fourth-order valence-corrected chi connectivity index (χ4v) is 4.37. The lowest BCUT2D eigenvalue weighted by Crippen LogP contribution is -2.13. The van der Waals surface area contributed by atoms with Crippen LogP contribution in [0, 0.1) is 11.6 Å². The molecule has 0 aliphatic heterocycles. The Hall–Kier alpha value is -3.39. The molecule has 0 atom stereocenters. The number of hydrogen-bond donors (Lipinski definition) is 2. The van der Waals surface area contributed by atoms with E-state index in [0.717, 1.165) is 26.8 Å². The molecule has 0 saturated carbocycles. The predicted molar refractivity (Wildman–Crippen MR) is 117 cm³/mol. The van der Waals surface area contributed by atoms with E-state index in [1.807, 2.05) is 41.1 Å². The lowest BCUT2D eigenvalue weighted by Gasteiger charge is -2.08. The van der Waals surface area contributed by atoms with Crippen molar-refractivity contribution in [3.05, 3.63) is 84.1 Å². The molecular formula is C23H18F3N3OS. The smallest absolute Gasteiger partial charge is 0.255 e. The number of nitrogens with one attached hydrogen (secondary N) is 1. The number of nitrogen functional groups attached to an aromatic ring is 1. The van der Waals surface area contributed by atoms with E-state index in [1.54, 1.807) is 12.1 Å². The van der Waals surface area contributed by atoms with Gasteiger partial charge in [-0.15, -0.1) is 0 Å². The number of halogens is 3. The van der Waals surface area contributed by atoms with Gasteiger partial charge in [0.05, 0.1) is 5.52 Å². The summed E-state index contributed by atoms with van der Waals surface area (Å²) in [6.45, 7) is -0.924. The normalized spacial score (nSPS) is 11.1. The van der Waals surface area contributed by atoms with E-state index in [2.05, 4.69) is 5.32 Å². The van der Waals surface area contributed by atoms with Crippen molar-refractivity contribution in [3.8, 4) is 0 Å². The SMILES string of the molecule is Nc1ccccc1Sc1cn(Cc2cc(F)cc(F)c2)c2cc(NC(=O)CF)ccc12. The first-order chi connectivity index (χ1) is 14.9. The van der Waals surface area contributed by atoms with E-state index < -0.39 is 24.2 Å². The molecule has 0 aliphatic carbocycles. The number of rotatable bonds is 6. The summed E-state index contributed by atoms with van der Waals surface area (Å²) in [6, 6.07) is 16.0. The highest BCUT2D eigenvalue weighted by molar-refractivity contribution is 7.99. The van der Waals surface area contributed by atoms with E-state index in [9.17, 15) is 18.0 Å². The van der Waals surface area contributed by atoms with Crippen LogP contribution < -0.4 is 11.1 Å². The molecule has 3 N–H and O–H groups in total. The molecule has 0 aliphatic rings. The van der Waals surface area contributed by atoms with Gasteiger partial charge in [-0.2, -0.15) is 0 Å². The van der Waals surface area contributed by atoms with Gasteiger partial charge in [-0.25, -0.2) is 13.2 Å². The maximum absolute atomic E-state index is 13.7. The average Bonchev–Trinajstić information content (AvgIpc) is 3.05. The number of anilines is 2. The molecule has 1 aromatic heterocycles. The zero-order valence-electron chi connectivity index (χ0n) is 16.2. The molecule has 158 valence electrons. The highest BCUT2D eigenvalue weighted by Gasteiger charge is 2.14. The Balaban J connectivity index is 1.79. The van der Waals surface area contributed by atoms with Crippen molar-refractivity contribution in [1.82, 2.24) is 4.57 Å². The van der Waals surface area contributed by atoms with Gasteiger partial charge in [-0.05, 0) is 48.0 Å². The van der Waals surface area contributed by atoms with Crippen LogP contribution in [0.1, 0.15) is 5.56 Å². The number of carbonyl (C=O) groups excluding carboxylic acids is 1. The van der Waals surface area contributed by atoms with Gasteiger partial charge in [0.1, 0.15) is 11.6 Å². The van der Waals surface area contributed by atoms with Crippen molar-refractivity contribution < 1.29 is 18.0 Å². The molecule has 0 radical (unpaired) electrons. The number of para-hydroxylation sites is 1. The summed E-state index contributed by atoms with van der Waals surface area (Å²) in [5.41, 5.74) is 8.30. The molecule has 4 nitrogen and oxygen atoms in total. The largest absolute Gasteiger partial charge is 0.398 e.